The summed E-state index contributed by atoms with van der Waals surface area (Å²) in [5.74, 6) is 1.73. The first-order valence-corrected chi connectivity index (χ1v) is 6.37. The molecule has 1 aliphatic heterocycles. The van der Waals surface area contributed by atoms with Crippen molar-refractivity contribution in [2.45, 2.75) is 45.2 Å². The van der Waals surface area contributed by atoms with Crippen molar-refractivity contribution >= 4 is 18.5 Å². The minimum Gasteiger partial charge on any atom is -0.367 e. The molecular weight excluding hydrogens is 234 g/mol. The van der Waals surface area contributed by atoms with E-state index in [1.165, 1.54) is 12.8 Å². The van der Waals surface area contributed by atoms with E-state index < -0.39 is 0 Å². The highest BCUT2D eigenvalue weighted by atomic mass is 32.1. The zero-order valence-corrected chi connectivity index (χ0v) is 11.7. The van der Waals surface area contributed by atoms with Crippen molar-refractivity contribution in [2.24, 2.45) is 5.10 Å². The summed E-state index contributed by atoms with van der Waals surface area (Å²) in [6.07, 6.45) is 2.46. The molecular formula is C11H21N5S. The number of nitrogens with one attached hydrogen (secondary N) is 3. The summed E-state index contributed by atoms with van der Waals surface area (Å²) >= 11 is 4.54. The number of thiol groups is 1. The molecule has 17 heavy (non-hydrogen) atoms. The lowest BCUT2D eigenvalue weighted by molar-refractivity contribution is 0.260. The summed E-state index contributed by atoms with van der Waals surface area (Å²) < 4.78 is 0. The van der Waals surface area contributed by atoms with Gasteiger partial charge >= 0.3 is 0 Å². The van der Waals surface area contributed by atoms with E-state index in [1.807, 2.05) is 7.05 Å². The summed E-state index contributed by atoms with van der Waals surface area (Å²) in [6.45, 7) is 6.31. The predicted octanol–water partition coefficient (Wildman–Crippen LogP) is 0.989. The number of hydrazine groups is 1. The van der Waals surface area contributed by atoms with E-state index in [0.717, 1.165) is 16.6 Å². The van der Waals surface area contributed by atoms with Gasteiger partial charge in [-0.3, -0.25) is 5.43 Å². The first-order chi connectivity index (χ1) is 7.85. The van der Waals surface area contributed by atoms with Crippen LogP contribution in [-0.2, 0) is 0 Å². The smallest absolute Gasteiger partial charge is 0.165 e. The van der Waals surface area contributed by atoms with Gasteiger partial charge in [0.15, 0.2) is 5.84 Å². The van der Waals surface area contributed by atoms with E-state index in [4.69, 9.17) is 0 Å². The van der Waals surface area contributed by atoms with E-state index in [9.17, 15) is 0 Å². The number of hydrogen-bond donors (Lipinski definition) is 4. The fraction of sp³-hybridized carbons (Fsp3) is 0.727. The molecule has 0 radical (unpaired) electrons. The van der Waals surface area contributed by atoms with Crippen LogP contribution < -0.4 is 16.1 Å². The predicted molar refractivity (Wildman–Crippen MR) is 73.4 cm³/mol. The Morgan fingerprint density at radius 1 is 1.41 bits per heavy atom. The molecule has 1 fully saturated rings. The Balaban J connectivity index is 2.14. The van der Waals surface area contributed by atoms with Gasteiger partial charge in [-0.05, 0) is 33.6 Å². The van der Waals surface area contributed by atoms with Crippen molar-refractivity contribution in [3.63, 3.8) is 0 Å². The van der Waals surface area contributed by atoms with Crippen LogP contribution in [-0.4, -0.2) is 29.6 Å². The lowest BCUT2D eigenvalue weighted by Gasteiger charge is -2.31. The lowest BCUT2D eigenvalue weighted by atomic mass is 10.1. The Labute approximate surface area is 108 Å². The van der Waals surface area contributed by atoms with Crippen molar-refractivity contribution in [3.05, 3.63) is 10.7 Å². The molecule has 0 bridgehead atoms. The standard InChI is InChI=1S/C11H21N5S/c1-11(2,3)13-10-8(17)9(12-7-5-6-7)14-16(4)15-10/h7,12,14,17H,5-6H2,1-4H3,(H,13,15). The van der Waals surface area contributed by atoms with Crippen molar-refractivity contribution < 1.29 is 0 Å². The Morgan fingerprint density at radius 3 is 2.59 bits per heavy atom. The van der Waals surface area contributed by atoms with Gasteiger partial charge in [0.05, 0.1) is 4.91 Å². The van der Waals surface area contributed by atoms with Gasteiger partial charge in [0.2, 0.25) is 0 Å². The molecule has 2 rings (SSSR count). The highest BCUT2D eigenvalue weighted by molar-refractivity contribution is 7.85. The van der Waals surface area contributed by atoms with E-state index in [-0.39, 0.29) is 5.54 Å². The second-order valence-corrected chi connectivity index (χ2v) is 6.05. The monoisotopic (exact) mass is 255 g/mol. The van der Waals surface area contributed by atoms with Gasteiger partial charge in [-0.2, -0.15) is 0 Å². The summed E-state index contributed by atoms with van der Waals surface area (Å²) in [5, 5.41) is 12.8. The zero-order valence-electron chi connectivity index (χ0n) is 10.8. The van der Waals surface area contributed by atoms with Crippen LogP contribution in [0.25, 0.3) is 0 Å². The van der Waals surface area contributed by atoms with E-state index in [0.29, 0.717) is 6.04 Å². The van der Waals surface area contributed by atoms with Gasteiger partial charge in [-0.25, -0.2) is 5.12 Å². The number of amidine groups is 1. The second kappa shape index (κ2) is 4.33. The normalized spacial score (nSPS) is 21.0. The zero-order chi connectivity index (χ0) is 12.6. The average Bonchev–Trinajstić information content (AvgIpc) is 2.94. The lowest BCUT2D eigenvalue weighted by Crippen LogP contribution is -2.48. The molecule has 0 unspecified atom stereocenters. The quantitative estimate of drug-likeness (QED) is 0.556. The maximum atomic E-state index is 4.54. The number of hydrazone groups is 1. The van der Waals surface area contributed by atoms with E-state index in [1.54, 1.807) is 5.12 Å². The molecule has 1 heterocycles. The molecule has 1 aliphatic carbocycles. The molecule has 0 amide bonds. The van der Waals surface area contributed by atoms with Crippen molar-refractivity contribution in [3.8, 4) is 0 Å². The molecule has 0 aromatic carbocycles. The fourth-order valence-electron chi connectivity index (χ4n) is 1.53. The molecule has 3 N–H and O–H groups in total. The molecule has 0 saturated heterocycles. The molecule has 96 valence electrons. The van der Waals surface area contributed by atoms with Crippen LogP contribution in [0.15, 0.2) is 15.8 Å². The van der Waals surface area contributed by atoms with Crippen LogP contribution in [0.1, 0.15) is 33.6 Å². The van der Waals surface area contributed by atoms with Gasteiger partial charge in [-0.1, -0.05) is 0 Å². The fourth-order valence-corrected chi connectivity index (χ4v) is 1.74. The Kier molecular flexibility index (Phi) is 3.16. The van der Waals surface area contributed by atoms with Gasteiger partial charge < -0.3 is 10.6 Å². The molecule has 0 aromatic rings. The van der Waals surface area contributed by atoms with Crippen LogP contribution in [0, 0.1) is 0 Å². The van der Waals surface area contributed by atoms with Crippen LogP contribution in [0.4, 0.5) is 0 Å². The third-order valence-corrected chi connectivity index (χ3v) is 2.84. The Hall–Kier alpha value is -1.04. The van der Waals surface area contributed by atoms with Crippen LogP contribution >= 0.6 is 12.6 Å². The summed E-state index contributed by atoms with van der Waals surface area (Å²) in [4.78, 5) is 0.838. The first kappa shape index (κ1) is 12.4. The second-order valence-electron chi connectivity index (χ2n) is 5.60. The summed E-state index contributed by atoms with van der Waals surface area (Å²) in [6, 6.07) is 0.585. The SMILES string of the molecule is CN1N=C(NC(C)(C)C)C(S)=C(NC2CC2)N1. The molecule has 0 aromatic heterocycles. The van der Waals surface area contributed by atoms with E-state index >= 15 is 0 Å². The molecule has 2 aliphatic rings. The number of nitrogens with zero attached hydrogens (tertiary/aromatic N) is 2. The third-order valence-electron chi connectivity index (χ3n) is 2.40. The number of hydrogen-bond acceptors (Lipinski definition) is 6. The van der Waals surface area contributed by atoms with Gasteiger partial charge in [0.25, 0.3) is 0 Å². The van der Waals surface area contributed by atoms with Gasteiger partial charge in [0, 0.05) is 18.6 Å². The highest BCUT2D eigenvalue weighted by Gasteiger charge is 2.27. The largest absolute Gasteiger partial charge is 0.367 e. The first-order valence-electron chi connectivity index (χ1n) is 5.92. The van der Waals surface area contributed by atoms with Crippen molar-refractivity contribution in [1.29, 1.82) is 0 Å². The molecule has 5 nitrogen and oxygen atoms in total. The van der Waals surface area contributed by atoms with Crippen LogP contribution in [0.2, 0.25) is 0 Å². The van der Waals surface area contributed by atoms with Crippen molar-refractivity contribution in [2.75, 3.05) is 7.05 Å². The molecule has 0 spiro atoms. The minimum atomic E-state index is -0.0321. The van der Waals surface area contributed by atoms with Crippen LogP contribution in [0.3, 0.4) is 0 Å². The number of rotatable bonds is 2. The molecule has 0 atom stereocenters. The summed E-state index contributed by atoms with van der Waals surface area (Å²) in [7, 11) is 1.87. The van der Waals surface area contributed by atoms with Crippen LogP contribution in [0.5, 0.6) is 0 Å². The molecule has 6 heteroatoms. The minimum absolute atomic E-state index is 0.0321. The summed E-state index contributed by atoms with van der Waals surface area (Å²) in [5.41, 5.74) is 3.12. The maximum absolute atomic E-state index is 4.54. The van der Waals surface area contributed by atoms with Gasteiger partial charge in [0.1, 0.15) is 5.82 Å². The molecule has 1 saturated carbocycles. The van der Waals surface area contributed by atoms with Gasteiger partial charge in [-0.15, -0.1) is 17.7 Å². The Bertz CT molecular complexity index is 365. The van der Waals surface area contributed by atoms with Crippen molar-refractivity contribution in [1.82, 2.24) is 21.2 Å². The van der Waals surface area contributed by atoms with E-state index in [2.05, 4.69) is 54.6 Å². The average molecular weight is 255 g/mol. The Morgan fingerprint density at radius 2 is 2.06 bits per heavy atom. The third kappa shape index (κ3) is 3.46. The maximum Gasteiger partial charge on any atom is 0.165 e. The topological polar surface area (TPSA) is 51.7 Å². The highest BCUT2D eigenvalue weighted by Crippen LogP contribution is 2.22.